The van der Waals surface area contributed by atoms with E-state index in [2.05, 4.69) is 10.6 Å². The van der Waals surface area contributed by atoms with Crippen molar-refractivity contribution in [1.29, 1.82) is 0 Å². The number of allylic oxidation sites excluding steroid dienone is 1. The SMILES string of the molecule is CC(Cc1ccc(NC(=O)CCNC(=O)OC(C)(C)C)cc1)C(O)=C1C(=O)OC(CC2CCCCC2)C1=O. The Labute approximate surface area is 224 Å². The van der Waals surface area contributed by atoms with Crippen LogP contribution in [0.5, 0.6) is 0 Å². The normalized spacial score (nSPS) is 20.5. The molecule has 0 radical (unpaired) electrons. The van der Waals surface area contributed by atoms with Crippen LogP contribution < -0.4 is 10.6 Å². The number of aliphatic hydroxyl groups is 1. The molecule has 3 N–H and O–H groups in total. The van der Waals surface area contributed by atoms with E-state index in [-0.39, 0.29) is 30.2 Å². The van der Waals surface area contributed by atoms with Gasteiger partial charge in [-0.2, -0.15) is 0 Å². The van der Waals surface area contributed by atoms with Crippen LogP contribution in [0.2, 0.25) is 0 Å². The maximum atomic E-state index is 12.9. The van der Waals surface area contributed by atoms with Gasteiger partial charge in [0.15, 0.2) is 6.10 Å². The first-order valence-electron chi connectivity index (χ1n) is 13.5. The number of benzene rings is 1. The Bertz CT molecular complexity index is 1050. The Kier molecular flexibility index (Phi) is 9.94. The number of anilines is 1. The number of hydrogen-bond acceptors (Lipinski definition) is 7. The largest absolute Gasteiger partial charge is 0.511 e. The lowest BCUT2D eigenvalue weighted by atomic mass is 9.84. The molecule has 2 unspecified atom stereocenters. The minimum Gasteiger partial charge on any atom is -0.511 e. The van der Waals surface area contributed by atoms with Gasteiger partial charge in [0, 0.05) is 24.6 Å². The van der Waals surface area contributed by atoms with Crippen LogP contribution in [-0.4, -0.2) is 47.1 Å². The zero-order valence-corrected chi connectivity index (χ0v) is 22.8. The van der Waals surface area contributed by atoms with E-state index >= 15 is 0 Å². The summed E-state index contributed by atoms with van der Waals surface area (Å²) in [6.07, 6.45) is 5.22. The number of cyclic esters (lactones) is 1. The summed E-state index contributed by atoms with van der Waals surface area (Å²) in [5.41, 5.74) is 0.631. The second-order valence-electron chi connectivity index (χ2n) is 11.3. The van der Waals surface area contributed by atoms with Crippen molar-refractivity contribution in [2.24, 2.45) is 11.8 Å². The van der Waals surface area contributed by atoms with Crippen molar-refractivity contribution >= 4 is 29.4 Å². The minimum absolute atomic E-state index is 0.0886. The fourth-order valence-corrected chi connectivity index (χ4v) is 4.85. The van der Waals surface area contributed by atoms with Gasteiger partial charge in [-0.25, -0.2) is 9.59 Å². The molecule has 2 fully saturated rings. The van der Waals surface area contributed by atoms with Gasteiger partial charge >= 0.3 is 12.1 Å². The third-order valence-electron chi connectivity index (χ3n) is 6.79. The number of carbonyl (C=O) groups is 4. The van der Waals surface area contributed by atoms with Crippen molar-refractivity contribution in [3.63, 3.8) is 0 Å². The van der Waals surface area contributed by atoms with Crippen LogP contribution in [-0.2, 0) is 30.3 Å². The van der Waals surface area contributed by atoms with Crippen LogP contribution in [0, 0.1) is 11.8 Å². The molecule has 1 aliphatic carbocycles. The summed E-state index contributed by atoms with van der Waals surface area (Å²) in [4.78, 5) is 49.1. The number of alkyl carbamates (subject to hydrolysis) is 1. The summed E-state index contributed by atoms with van der Waals surface area (Å²) in [5, 5.41) is 16.1. The highest BCUT2D eigenvalue weighted by molar-refractivity contribution is 6.23. The van der Waals surface area contributed by atoms with Crippen molar-refractivity contribution in [2.75, 3.05) is 11.9 Å². The maximum Gasteiger partial charge on any atom is 0.407 e. The molecule has 0 bridgehead atoms. The molecule has 2 amide bonds. The lowest BCUT2D eigenvalue weighted by molar-refractivity contribution is -0.141. The van der Waals surface area contributed by atoms with Crippen LogP contribution in [0.1, 0.15) is 78.2 Å². The van der Waals surface area contributed by atoms with Gasteiger partial charge in [-0.15, -0.1) is 0 Å². The quantitative estimate of drug-likeness (QED) is 0.178. The molecular weight excluding hydrogens is 488 g/mol. The number of hydrogen-bond donors (Lipinski definition) is 3. The third-order valence-corrected chi connectivity index (χ3v) is 6.79. The fraction of sp³-hybridized carbons (Fsp3) is 0.586. The maximum absolute atomic E-state index is 12.9. The average molecular weight is 529 g/mol. The van der Waals surface area contributed by atoms with Gasteiger partial charge in [0.25, 0.3) is 0 Å². The second kappa shape index (κ2) is 12.9. The number of amides is 2. The molecule has 9 heteroatoms. The molecule has 2 atom stereocenters. The highest BCUT2D eigenvalue weighted by Gasteiger charge is 2.42. The van der Waals surface area contributed by atoms with Gasteiger partial charge < -0.3 is 25.2 Å². The summed E-state index contributed by atoms with van der Waals surface area (Å²) in [7, 11) is 0. The lowest BCUT2D eigenvalue weighted by Crippen LogP contribution is -2.34. The monoisotopic (exact) mass is 528 g/mol. The van der Waals surface area contributed by atoms with Gasteiger partial charge in [0.05, 0.1) is 0 Å². The molecular formula is C29H40N2O7. The Balaban J connectivity index is 1.49. The minimum atomic E-state index is -0.794. The highest BCUT2D eigenvalue weighted by atomic mass is 16.6. The summed E-state index contributed by atoms with van der Waals surface area (Å²) in [5.74, 6) is -1.73. The standard InChI is InChI=1S/C29H40N2O7/c1-18(25(33)24-26(34)22(37-27(24)35)17-19-8-6-5-7-9-19)16-20-10-12-21(13-11-20)31-23(32)14-15-30-28(36)38-29(2,3)4/h10-13,18-19,22,33H,5-9,14-17H2,1-4H3,(H,30,36)(H,31,32). The molecule has 38 heavy (non-hydrogen) atoms. The van der Waals surface area contributed by atoms with Crippen molar-refractivity contribution in [3.05, 3.63) is 41.2 Å². The Morgan fingerprint density at radius 3 is 2.39 bits per heavy atom. The predicted molar refractivity (Wildman–Crippen MR) is 143 cm³/mol. The Morgan fingerprint density at radius 1 is 1.11 bits per heavy atom. The number of aliphatic hydroxyl groups excluding tert-OH is 1. The number of ketones is 1. The first kappa shape index (κ1) is 29.2. The fourth-order valence-electron chi connectivity index (χ4n) is 4.85. The number of carbonyl (C=O) groups excluding carboxylic acids is 4. The molecule has 2 aliphatic rings. The molecule has 0 spiro atoms. The Hall–Kier alpha value is -3.36. The first-order valence-corrected chi connectivity index (χ1v) is 13.5. The van der Waals surface area contributed by atoms with E-state index in [4.69, 9.17) is 9.47 Å². The summed E-state index contributed by atoms with van der Waals surface area (Å²) >= 11 is 0. The van der Waals surface area contributed by atoms with Gasteiger partial charge in [-0.1, -0.05) is 51.2 Å². The third kappa shape index (κ3) is 8.60. The number of ether oxygens (including phenoxy) is 2. The average Bonchev–Trinajstić information content (AvgIpc) is 3.11. The molecule has 1 saturated carbocycles. The number of nitrogens with one attached hydrogen (secondary N) is 2. The molecule has 1 saturated heterocycles. The van der Waals surface area contributed by atoms with Crippen molar-refractivity contribution in [3.8, 4) is 0 Å². The molecule has 1 heterocycles. The molecule has 1 aliphatic heterocycles. The highest BCUT2D eigenvalue weighted by Crippen LogP contribution is 2.33. The summed E-state index contributed by atoms with van der Waals surface area (Å²) in [6, 6.07) is 7.09. The smallest absolute Gasteiger partial charge is 0.407 e. The van der Waals surface area contributed by atoms with Crippen LogP contribution in [0.4, 0.5) is 10.5 Å². The molecule has 208 valence electrons. The second-order valence-corrected chi connectivity index (χ2v) is 11.3. The molecule has 1 aromatic rings. The van der Waals surface area contributed by atoms with E-state index in [0.717, 1.165) is 31.2 Å². The van der Waals surface area contributed by atoms with Gasteiger partial charge in [-0.05, 0) is 57.2 Å². The van der Waals surface area contributed by atoms with Crippen molar-refractivity contribution < 1.29 is 33.8 Å². The lowest BCUT2D eigenvalue weighted by Gasteiger charge is -2.22. The van der Waals surface area contributed by atoms with E-state index in [9.17, 15) is 24.3 Å². The van der Waals surface area contributed by atoms with E-state index in [1.165, 1.54) is 6.42 Å². The van der Waals surface area contributed by atoms with Crippen molar-refractivity contribution in [2.45, 2.75) is 90.8 Å². The van der Waals surface area contributed by atoms with Gasteiger partial charge in [-0.3, -0.25) is 9.59 Å². The first-order chi connectivity index (χ1) is 17.9. The molecule has 1 aromatic carbocycles. The topological polar surface area (TPSA) is 131 Å². The van der Waals surface area contributed by atoms with E-state index in [1.54, 1.807) is 39.8 Å². The van der Waals surface area contributed by atoms with Crippen LogP contribution in [0.3, 0.4) is 0 Å². The van der Waals surface area contributed by atoms with E-state index < -0.39 is 35.5 Å². The van der Waals surface area contributed by atoms with Gasteiger partial charge in [0.1, 0.15) is 16.9 Å². The zero-order chi connectivity index (χ0) is 27.9. The van der Waals surface area contributed by atoms with Crippen LogP contribution in [0.15, 0.2) is 35.6 Å². The van der Waals surface area contributed by atoms with Gasteiger partial charge in [0.2, 0.25) is 11.7 Å². The van der Waals surface area contributed by atoms with Crippen molar-refractivity contribution in [1.82, 2.24) is 5.32 Å². The summed E-state index contributed by atoms with van der Waals surface area (Å²) < 4.78 is 10.5. The van der Waals surface area contributed by atoms with E-state index in [1.807, 2.05) is 12.1 Å². The number of esters is 1. The number of rotatable bonds is 9. The Morgan fingerprint density at radius 2 is 1.76 bits per heavy atom. The predicted octanol–water partition coefficient (Wildman–Crippen LogP) is 5.00. The number of Topliss-reactive ketones (excluding diaryl/α,β-unsaturated/α-hetero) is 1. The molecule has 0 aromatic heterocycles. The molecule has 9 nitrogen and oxygen atoms in total. The molecule has 3 rings (SSSR count). The zero-order valence-electron chi connectivity index (χ0n) is 22.8. The van der Waals surface area contributed by atoms with Crippen LogP contribution >= 0.6 is 0 Å². The van der Waals surface area contributed by atoms with Crippen LogP contribution in [0.25, 0.3) is 0 Å². The van der Waals surface area contributed by atoms with E-state index in [0.29, 0.717) is 24.4 Å². The summed E-state index contributed by atoms with van der Waals surface area (Å²) in [6.45, 7) is 7.19.